The minimum atomic E-state index is -4.16. The van der Waals surface area contributed by atoms with E-state index in [0.29, 0.717) is 90.6 Å². The molecule has 3 aliphatic heterocycles. The van der Waals surface area contributed by atoms with Crippen LogP contribution < -0.4 is 16.0 Å². The maximum atomic E-state index is 13.4. The third kappa shape index (κ3) is 15.7. The Morgan fingerprint density at radius 3 is 1.01 bits per heavy atom. The number of carbonyl (C=O) groups is 6. The van der Waals surface area contributed by atoms with Gasteiger partial charge in [0.1, 0.15) is 17.1 Å². The van der Waals surface area contributed by atoms with E-state index in [2.05, 4.69) is 37.3 Å². The monoisotopic (exact) mass is 1510 g/mol. The predicted molar refractivity (Wildman–Crippen MR) is 381 cm³/mol. The van der Waals surface area contributed by atoms with E-state index < -0.39 is 89.4 Å². The number of hydrogen-bond acceptors (Lipinski definition) is 22. The highest BCUT2D eigenvalue weighted by Gasteiger charge is 2.63. The molecule has 0 radical (unpaired) electrons. The maximum absolute atomic E-state index is 13.4. The lowest BCUT2D eigenvalue weighted by molar-refractivity contribution is -0.191. The molecule has 3 aliphatic carbocycles. The molecule has 6 aromatic rings. The van der Waals surface area contributed by atoms with Crippen LogP contribution in [0.4, 0.5) is 0 Å². The first-order valence-corrected chi connectivity index (χ1v) is 38.6. The zero-order valence-corrected chi connectivity index (χ0v) is 62.6. The zero-order valence-electron chi connectivity index (χ0n) is 62.1. The van der Waals surface area contributed by atoms with Crippen molar-refractivity contribution < 1.29 is 76.6 Å². The first-order valence-electron chi connectivity index (χ1n) is 35.0. The average molecular weight is 1510 g/mol. The van der Waals surface area contributed by atoms with Gasteiger partial charge in [-0.15, -0.1) is 0 Å². The number of carbonyl (C=O) groups excluding carboxylic acids is 8. The Kier molecular flexibility index (Phi) is 22.5. The van der Waals surface area contributed by atoms with Gasteiger partial charge in [-0.2, -0.15) is 40.7 Å². The number of aliphatic hydroxyl groups is 2. The van der Waals surface area contributed by atoms with Crippen molar-refractivity contribution in [3.8, 4) is 18.2 Å². The molecule has 6 heterocycles. The predicted octanol–water partition coefficient (Wildman–Crippen LogP) is 2.87. The van der Waals surface area contributed by atoms with Gasteiger partial charge >= 0.3 is 6.15 Å². The van der Waals surface area contributed by atoms with E-state index in [1.54, 1.807) is 113 Å². The summed E-state index contributed by atoms with van der Waals surface area (Å²) in [5.41, 5.74) is 7.03. The summed E-state index contributed by atoms with van der Waals surface area (Å²) in [7, 11) is -6.41. The third-order valence-corrected chi connectivity index (χ3v) is 29.7. The van der Waals surface area contributed by atoms with E-state index in [9.17, 15) is 64.2 Å². The standard InChI is InChI=1S/2C24H29N5O5S.C23H27N5O4S.CO2/c2*1-23(2,15-30)35(33,34)24(9-10-24)14-29-11-8-18-19(27-28(3)20(18)22(29)32)21(31)26-13-17-6-4-16(12-25)5-7-17;1-15(2)33(31,32)23(9-10-23)14-28-11-8-18-19(26-27(3)20(18)22(28)30)21(29)25-13-17-6-4-16(12-24)5-7-17;2-1-3/h2*4-7,30H,8-11,13-15H2,1-3H3,(H,26,31);4-7,15H,8-11,13-14H2,1-3H3,(H,25,29);/i15D2;;;. The number of aryl methyl sites for hydroxylation is 3. The lowest BCUT2D eigenvalue weighted by Crippen LogP contribution is -2.51. The molecule has 34 heteroatoms. The van der Waals surface area contributed by atoms with Gasteiger partial charge in [-0.1, -0.05) is 36.4 Å². The van der Waals surface area contributed by atoms with Gasteiger partial charge < -0.3 is 40.9 Å². The fourth-order valence-corrected chi connectivity index (χ4v) is 19.9. The molecule has 0 saturated heterocycles. The number of sulfone groups is 3. The summed E-state index contributed by atoms with van der Waals surface area (Å²) in [6.45, 7) is 6.87. The van der Waals surface area contributed by atoms with Crippen LogP contribution in [0.1, 0.15) is 196 Å². The Morgan fingerprint density at radius 1 is 0.509 bits per heavy atom. The van der Waals surface area contributed by atoms with Crippen molar-refractivity contribution >= 4 is 71.1 Å². The number of fused-ring (bicyclic) bond motifs is 3. The number of rotatable bonds is 23. The Hall–Kier alpha value is -10.3. The van der Waals surface area contributed by atoms with Gasteiger partial charge in [0.25, 0.3) is 35.4 Å². The molecule has 562 valence electrons. The van der Waals surface area contributed by atoms with E-state index in [4.69, 9.17) is 28.1 Å². The SMILES string of the molecule is CC(C)S(=O)(=O)C1(CN2CCc3c(C(=O)NCc4ccc(C#N)cc4)nn(C)c3C2=O)CC1.Cn1nc(C(=O)NCc2ccc(C#N)cc2)c2c1C(=O)N(CC1(S(=O)(=O)C(C)(C)CO)CC1)CC2.O=C=O.[2H]C([2H])(O)C(C)(C)S(=O)(=O)C1(CN2CCc3c(C(=O)NCc4ccc(C#N)cc4)nn(C)c3C2=O)CC1. The molecule has 6 aliphatic rings. The number of aliphatic hydroxyl groups excluding tert-OH is 1. The lowest BCUT2D eigenvalue weighted by Gasteiger charge is -2.34. The van der Waals surface area contributed by atoms with Crippen LogP contribution in [0.25, 0.3) is 0 Å². The van der Waals surface area contributed by atoms with Crippen LogP contribution in [0.3, 0.4) is 0 Å². The highest BCUT2D eigenvalue weighted by atomic mass is 32.2. The van der Waals surface area contributed by atoms with Crippen LogP contribution in [0.15, 0.2) is 72.8 Å². The summed E-state index contributed by atoms with van der Waals surface area (Å²) < 4.78 is 91.5. The highest BCUT2D eigenvalue weighted by molar-refractivity contribution is 7.95. The number of hydrogen-bond donors (Lipinski definition) is 5. The topological polar surface area (TPSA) is 450 Å². The van der Waals surface area contributed by atoms with E-state index in [0.717, 1.165) is 30.5 Å². The molecule has 31 nitrogen and oxygen atoms in total. The molecule has 12 rings (SSSR count). The van der Waals surface area contributed by atoms with Crippen LogP contribution in [0.5, 0.6) is 0 Å². The smallest absolute Gasteiger partial charge is 0.373 e. The summed E-state index contributed by atoms with van der Waals surface area (Å²) in [6, 6.07) is 26.7. The first-order chi connectivity index (χ1) is 50.6. The van der Waals surface area contributed by atoms with Gasteiger partial charge in [0.2, 0.25) is 0 Å². The molecule has 106 heavy (non-hydrogen) atoms. The van der Waals surface area contributed by atoms with Gasteiger partial charge in [0.15, 0.2) is 46.6 Å². The van der Waals surface area contributed by atoms with Crippen LogP contribution in [0, 0.1) is 34.0 Å². The van der Waals surface area contributed by atoms with E-state index in [1.165, 1.54) is 37.7 Å². The van der Waals surface area contributed by atoms with Crippen molar-refractivity contribution in [2.75, 3.05) is 52.4 Å². The molecule has 0 unspecified atom stereocenters. The number of nitrogens with zero attached hydrogens (tertiary/aromatic N) is 12. The highest BCUT2D eigenvalue weighted by Crippen LogP contribution is 2.51. The second kappa shape index (κ2) is 31.0. The summed E-state index contributed by atoms with van der Waals surface area (Å²) in [5, 5.41) is 67.0. The van der Waals surface area contributed by atoms with Crippen LogP contribution in [-0.2, 0) is 99.1 Å². The minimum Gasteiger partial charge on any atom is -0.395 e. The lowest BCUT2D eigenvalue weighted by atomic mass is 10.0. The Bertz CT molecular complexity index is 5070. The van der Waals surface area contributed by atoms with Gasteiger partial charge in [-0.3, -0.25) is 42.8 Å². The number of nitrogens with one attached hydrogen (secondary N) is 3. The van der Waals surface area contributed by atoms with Crippen LogP contribution in [-0.4, -0.2) is 203 Å². The summed E-state index contributed by atoms with van der Waals surface area (Å²) in [4.78, 5) is 99.3. The zero-order chi connectivity index (χ0) is 79.7. The van der Waals surface area contributed by atoms with Crippen molar-refractivity contribution in [3.63, 3.8) is 0 Å². The summed E-state index contributed by atoms with van der Waals surface area (Å²) in [5.74, 6) is -2.32. The largest absolute Gasteiger partial charge is 0.395 e. The first kappa shape index (κ1) is 76.8. The quantitative estimate of drug-likeness (QED) is 0.0615. The molecule has 0 bridgehead atoms. The van der Waals surface area contributed by atoms with Crippen molar-refractivity contribution in [2.45, 2.75) is 148 Å². The molecular weight excluding hydrogens is 1430 g/mol. The molecule has 3 fully saturated rings. The Morgan fingerprint density at radius 2 is 0.774 bits per heavy atom. The normalized spacial score (nSPS) is 17.0. The van der Waals surface area contributed by atoms with Crippen molar-refractivity contribution in [2.24, 2.45) is 21.1 Å². The average Bonchev–Trinajstić information content (AvgIpc) is 1.55. The molecule has 0 atom stereocenters. The van der Waals surface area contributed by atoms with E-state index in [1.807, 2.05) is 12.1 Å². The molecule has 3 saturated carbocycles. The fraction of sp³-hybridized carbons (Fsp3) is 0.486. The van der Waals surface area contributed by atoms with Gasteiger partial charge in [-0.05, 0) is 152 Å². The number of benzene rings is 3. The second-order valence-corrected chi connectivity index (χ2v) is 37.3. The van der Waals surface area contributed by atoms with Crippen LogP contribution in [0.2, 0.25) is 0 Å². The summed E-state index contributed by atoms with van der Waals surface area (Å²) in [6.07, 6.45) is 3.93. The Balaban J connectivity index is 0.000000184. The van der Waals surface area contributed by atoms with Crippen molar-refractivity contribution in [1.82, 2.24) is 60.0 Å². The van der Waals surface area contributed by atoms with Gasteiger partial charge in [-0.25, -0.2) is 25.3 Å². The van der Waals surface area contributed by atoms with Crippen molar-refractivity contribution in [1.29, 1.82) is 15.8 Å². The number of amides is 6. The molecule has 6 amide bonds. The van der Waals surface area contributed by atoms with Crippen LogP contribution >= 0.6 is 0 Å². The van der Waals surface area contributed by atoms with E-state index >= 15 is 0 Å². The molecule has 3 aromatic heterocycles. The minimum absolute atomic E-state index is 0.0580. The molecule has 3 aromatic carbocycles. The molecule has 5 N–H and O–H groups in total. The second-order valence-electron chi connectivity index (χ2n) is 28.6. The fourth-order valence-electron chi connectivity index (χ4n) is 13.4. The Labute approximate surface area is 617 Å². The maximum Gasteiger partial charge on any atom is 0.373 e. The molecule has 0 spiro atoms. The number of nitriles is 3. The third-order valence-electron chi connectivity index (χ3n) is 20.3. The van der Waals surface area contributed by atoms with Gasteiger partial charge in [0, 0.05) is 96.7 Å². The summed E-state index contributed by atoms with van der Waals surface area (Å²) >= 11 is 0. The van der Waals surface area contributed by atoms with E-state index in [-0.39, 0.29) is 118 Å². The van der Waals surface area contributed by atoms with Crippen molar-refractivity contribution in [3.05, 3.63) is 157 Å². The molecular formula is C72H85N15O16S3. The van der Waals surface area contributed by atoms with Gasteiger partial charge in [0.05, 0.1) is 79.8 Å². The number of aromatic nitrogens is 6.